The summed E-state index contributed by atoms with van der Waals surface area (Å²) in [6, 6.07) is 0. The summed E-state index contributed by atoms with van der Waals surface area (Å²) < 4.78 is 40.8. The zero-order valence-corrected chi connectivity index (χ0v) is 9.02. The van der Waals surface area contributed by atoms with Crippen LogP contribution in [0, 0.1) is 0 Å². The summed E-state index contributed by atoms with van der Waals surface area (Å²) in [7, 11) is -4.64. The maximum atomic E-state index is 8.88. The molecule has 0 spiro atoms. The van der Waals surface area contributed by atoms with Gasteiger partial charge in [-0.3, -0.25) is 0 Å². The molecule has 0 aliphatic heterocycles. The van der Waals surface area contributed by atoms with E-state index in [9.17, 15) is 0 Å². The Balaban J connectivity index is -0.0000000457. The Morgan fingerprint density at radius 1 is 1.00 bits per heavy atom. The molecule has 0 heterocycles. The van der Waals surface area contributed by atoms with Crippen molar-refractivity contribution in [2.24, 2.45) is 0 Å². The van der Waals surface area contributed by atoms with E-state index < -0.39 is 21.4 Å². The molecule has 0 atom stereocenters. The Hall–Kier alpha value is 0.889. The Morgan fingerprint density at radius 2 is 1.00 bits per heavy atom. The van der Waals surface area contributed by atoms with Gasteiger partial charge in [0.05, 0.1) is 0 Å². The van der Waals surface area contributed by atoms with Crippen LogP contribution in [0.15, 0.2) is 0 Å². The van der Waals surface area contributed by atoms with Crippen LogP contribution >= 0.6 is 7.82 Å². The third-order valence-electron chi connectivity index (χ3n) is 0. The molecular formula is H5CrMgO9P. The molecule has 12 heteroatoms. The molecule has 0 aromatic heterocycles. The maximum absolute atomic E-state index is 8.88. The van der Waals surface area contributed by atoms with Crippen molar-refractivity contribution in [1.29, 1.82) is 0 Å². The predicted molar refractivity (Wildman–Crippen MR) is 26.5 cm³/mol. The summed E-state index contributed by atoms with van der Waals surface area (Å²) in [5.74, 6) is 0. The molecule has 9 nitrogen and oxygen atoms in total. The van der Waals surface area contributed by atoms with Crippen LogP contribution in [0.1, 0.15) is 0 Å². The molecule has 0 fully saturated rings. The molecule has 0 amide bonds. The van der Waals surface area contributed by atoms with Gasteiger partial charge in [-0.25, -0.2) is 4.57 Å². The van der Waals surface area contributed by atoms with Crippen molar-refractivity contribution >= 4 is 30.9 Å². The minimum atomic E-state index is -5.25. The molecule has 0 unspecified atom stereocenters. The Kier molecular flexibility index (Phi) is 16.3. The Labute approximate surface area is 85.1 Å². The first-order valence-electron chi connectivity index (χ1n) is 1.48. The molecular weight excluding hydrogens is 251 g/mol. The first kappa shape index (κ1) is 23.1. The van der Waals surface area contributed by atoms with E-state index in [0.717, 1.165) is 0 Å². The molecule has 0 aromatic carbocycles. The molecule has 5 N–H and O–H groups in total. The zero-order valence-electron chi connectivity index (χ0n) is 5.43. The summed E-state index contributed by atoms with van der Waals surface area (Å²) in [4.78, 5) is 21.6. The molecule has 0 aromatic rings. The second-order valence-corrected chi connectivity index (χ2v) is 3.39. The molecule has 72 valence electrons. The number of rotatable bonds is 0. The summed E-state index contributed by atoms with van der Waals surface area (Å²) in [6.45, 7) is 0. The standard InChI is InChI=1S/Cr.Mg.H3O4P.2H2O.3O/c;;1-5(2,3)4;;;;;/h;;(H3,1,2,3,4);2*1H2;;;/q2*+2;;;;;;-2/p-2. The van der Waals surface area contributed by atoms with Crippen LogP contribution in [0.25, 0.3) is 0 Å². The Morgan fingerprint density at radius 3 is 1.00 bits per heavy atom. The van der Waals surface area contributed by atoms with E-state index in [1.165, 1.54) is 0 Å². The first-order chi connectivity index (χ1) is 4.00. The fraction of sp³-hybridized carbons (Fsp3) is 0. The van der Waals surface area contributed by atoms with Crippen LogP contribution in [-0.4, -0.2) is 46.0 Å². The fourth-order valence-electron chi connectivity index (χ4n) is 0. The van der Waals surface area contributed by atoms with Gasteiger partial charge >= 0.3 is 60.4 Å². The summed E-state index contributed by atoms with van der Waals surface area (Å²) in [5, 5.41) is 0. The van der Waals surface area contributed by atoms with Crippen molar-refractivity contribution in [1.82, 2.24) is 0 Å². The van der Waals surface area contributed by atoms with E-state index in [0.29, 0.717) is 0 Å². The molecule has 0 radical (unpaired) electrons. The average Bonchev–Trinajstić information content (AvgIpc) is 1.12. The summed E-state index contributed by atoms with van der Waals surface area (Å²) >= 11 is -5.25. The third kappa shape index (κ3) is 1350. The fourth-order valence-corrected chi connectivity index (χ4v) is 0. The van der Waals surface area contributed by atoms with Crippen molar-refractivity contribution in [2.45, 2.75) is 0 Å². The van der Waals surface area contributed by atoms with Crippen molar-refractivity contribution in [3.05, 3.63) is 0 Å². The van der Waals surface area contributed by atoms with Crippen LogP contribution in [0.5, 0.6) is 0 Å². The monoisotopic (exact) mass is 256 g/mol. The molecule has 0 rings (SSSR count). The van der Waals surface area contributed by atoms with Gasteiger partial charge < -0.3 is 20.2 Å². The van der Waals surface area contributed by atoms with E-state index in [-0.39, 0.29) is 28.5 Å². The van der Waals surface area contributed by atoms with E-state index in [4.69, 9.17) is 35.2 Å². The van der Waals surface area contributed by atoms with Gasteiger partial charge in [0.1, 0.15) is 0 Å². The van der Waals surface area contributed by atoms with Crippen LogP contribution in [-0.2, 0) is 31.3 Å². The molecule has 12 heavy (non-hydrogen) atoms. The summed E-state index contributed by atoms with van der Waals surface area (Å²) in [6.07, 6.45) is 0. The van der Waals surface area contributed by atoms with Crippen molar-refractivity contribution in [3.8, 4) is 0 Å². The number of hydrogen-bond donors (Lipinski definition) is 5. The van der Waals surface area contributed by atoms with Gasteiger partial charge in [-0.15, -0.1) is 0 Å². The van der Waals surface area contributed by atoms with Crippen LogP contribution < -0.4 is 0 Å². The second kappa shape index (κ2) is 8.49. The molecule has 0 saturated carbocycles. The van der Waals surface area contributed by atoms with Gasteiger partial charge in [-0.05, 0) is 0 Å². The average molecular weight is 256 g/mol. The van der Waals surface area contributed by atoms with E-state index in [2.05, 4.69) is 0 Å². The van der Waals surface area contributed by atoms with Gasteiger partial charge in [-0.2, -0.15) is 0 Å². The predicted octanol–water partition coefficient (Wildman–Crippen LogP) is -2.78. The van der Waals surface area contributed by atoms with Crippen molar-refractivity contribution in [2.75, 3.05) is 0 Å². The normalized spacial score (nSPS) is 9.75. The number of hydrogen-bond acceptors (Lipinski definition) is 3. The van der Waals surface area contributed by atoms with Gasteiger partial charge in [0, 0.05) is 0 Å². The Bertz CT molecular complexity index is 192. The van der Waals surface area contributed by atoms with Gasteiger partial charge in [0.2, 0.25) is 0 Å². The van der Waals surface area contributed by atoms with E-state index >= 15 is 0 Å². The van der Waals surface area contributed by atoms with Gasteiger partial charge in [0.15, 0.2) is 0 Å². The van der Waals surface area contributed by atoms with E-state index in [1.807, 2.05) is 0 Å². The quantitative estimate of drug-likeness (QED) is 0.228. The van der Waals surface area contributed by atoms with Crippen LogP contribution in [0.2, 0.25) is 0 Å². The summed E-state index contributed by atoms with van der Waals surface area (Å²) in [5.41, 5.74) is 0. The van der Waals surface area contributed by atoms with Gasteiger partial charge in [0.25, 0.3) is 0 Å². The van der Waals surface area contributed by atoms with Crippen molar-refractivity contribution in [3.63, 3.8) is 0 Å². The number of phosphoric acid groups is 1. The third-order valence-corrected chi connectivity index (χ3v) is 0. The van der Waals surface area contributed by atoms with Crippen molar-refractivity contribution < 1.29 is 54.3 Å². The molecule has 0 bridgehead atoms. The van der Waals surface area contributed by atoms with Crippen LogP contribution in [0.4, 0.5) is 0 Å². The molecule has 0 aliphatic rings. The molecule has 0 saturated heterocycles. The zero-order chi connectivity index (χ0) is 9.00. The first-order valence-corrected chi connectivity index (χ1v) is 5.23. The van der Waals surface area contributed by atoms with Gasteiger partial charge in [-0.1, -0.05) is 0 Å². The van der Waals surface area contributed by atoms with E-state index in [1.54, 1.807) is 0 Å². The molecule has 0 aliphatic carbocycles. The SMILES string of the molecule is O=P(O)(O)O.[Mg+2].[O-2].[O]=[Cr](=[O])([OH])[OH]. The second-order valence-electron chi connectivity index (χ2n) is 0.961. The minimum absolute atomic E-state index is 0. The topological polar surface area (TPSA) is 181 Å². The van der Waals surface area contributed by atoms with Crippen LogP contribution in [0.3, 0.4) is 0 Å².